The first-order valence-electron chi connectivity index (χ1n) is 7.80. The van der Waals surface area contributed by atoms with Gasteiger partial charge in [-0.05, 0) is 35.9 Å². The molecule has 6 heteroatoms. The van der Waals surface area contributed by atoms with Gasteiger partial charge in [0.05, 0.1) is 19.2 Å². The number of carbonyl (C=O) groups is 1. The lowest BCUT2D eigenvalue weighted by Crippen LogP contribution is -2.38. The smallest absolute Gasteiger partial charge is 0.0736 e. The first-order valence-corrected chi connectivity index (χ1v) is 8.18. The SMILES string of the molecule is O=C([O-])c1cc(NCc2cccc(Cl)c2)ccc1N1CCOCC1. The number of carboxylic acid groups (broad SMARTS) is 1. The number of halogens is 1. The highest BCUT2D eigenvalue weighted by molar-refractivity contribution is 6.30. The molecule has 0 amide bonds. The fourth-order valence-electron chi connectivity index (χ4n) is 2.74. The summed E-state index contributed by atoms with van der Waals surface area (Å²) in [5.41, 5.74) is 2.61. The minimum absolute atomic E-state index is 0.188. The molecule has 2 aromatic carbocycles. The van der Waals surface area contributed by atoms with Crippen LogP contribution in [0.25, 0.3) is 0 Å². The van der Waals surface area contributed by atoms with Crippen LogP contribution in [0.4, 0.5) is 11.4 Å². The number of benzene rings is 2. The summed E-state index contributed by atoms with van der Waals surface area (Å²) in [5, 5.41) is 15.4. The number of morpholine rings is 1. The van der Waals surface area contributed by atoms with E-state index in [1.54, 1.807) is 6.07 Å². The van der Waals surface area contributed by atoms with Crippen LogP contribution in [0.2, 0.25) is 5.02 Å². The van der Waals surface area contributed by atoms with E-state index in [2.05, 4.69) is 5.32 Å². The van der Waals surface area contributed by atoms with Crippen LogP contribution in [-0.2, 0) is 11.3 Å². The van der Waals surface area contributed by atoms with E-state index in [1.807, 2.05) is 41.3 Å². The van der Waals surface area contributed by atoms with Gasteiger partial charge in [0, 0.05) is 41.6 Å². The van der Waals surface area contributed by atoms with Crippen molar-refractivity contribution in [3.63, 3.8) is 0 Å². The molecule has 1 heterocycles. The molecule has 2 aromatic rings. The Morgan fingerprint density at radius 3 is 2.71 bits per heavy atom. The van der Waals surface area contributed by atoms with E-state index in [-0.39, 0.29) is 5.56 Å². The number of anilines is 2. The maximum Gasteiger partial charge on any atom is 0.0736 e. The predicted octanol–water partition coefficient (Wildman–Crippen LogP) is 2.15. The van der Waals surface area contributed by atoms with Crippen LogP contribution in [-0.4, -0.2) is 32.3 Å². The van der Waals surface area contributed by atoms with Gasteiger partial charge in [0.15, 0.2) is 0 Å². The van der Waals surface area contributed by atoms with E-state index in [1.165, 1.54) is 0 Å². The Kier molecular flexibility index (Phi) is 5.23. The standard InChI is InChI=1S/C18H19ClN2O3/c19-14-3-1-2-13(10-14)12-20-15-4-5-17(16(11-15)18(22)23)21-6-8-24-9-7-21/h1-5,10-11,20H,6-9,12H2,(H,22,23)/p-1. The van der Waals surface area contributed by atoms with Crippen molar-refractivity contribution in [2.75, 3.05) is 36.5 Å². The fraction of sp³-hybridized carbons (Fsp3) is 0.278. The lowest BCUT2D eigenvalue weighted by molar-refractivity contribution is -0.254. The third-order valence-corrected chi connectivity index (χ3v) is 4.19. The molecular weight excluding hydrogens is 328 g/mol. The molecule has 0 aliphatic carbocycles. The molecule has 0 saturated carbocycles. The van der Waals surface area contributed by atoms with Crippen LogP contribution in [0.5, 0.6) is 0 Å². The molecule has 126 valence electrons. The van der Waals surface area contributed by atoms with Crippen molar-refractivity contribution >= 4 is 28.9 Å². The second-order valence-electron chi connectivity index (χ2n) is 5.60. The molecule has 1 fully saturated rings. The van der Waals surface area contributed by atoms with Gasteiger partial charge in [-0.2, -0.15) is 0 Å². The van der Waals surface area contributed by atoms with Gasteiger partial charge in [-0.25, -0.2) is 0 Å². The molecule has 0 spiro atoms. The quantitative estimate of drug-likeness (QED) is 0.899. The number of carboxylic acids is 1. The summed E-state index contributed by atoms with van der Waals surface area (Å²) in [6, 6.07) is 12.8. The summed E-state index contributed by atoms with van der Waals surface area (Å²) in [4.78, 5) is 13.5. The van der Waals surface area contributed by atoms with Gasteiger partial charge in [0.25, 0.3) is 0 Å². The molecule has 0 atom stereocenters. The van der Waals surface area contributed by atoms with Crippen LogP contribution in [0.15, 0.2) is 42.5 Å². The highest BCUT2D eigenvalue weighted by Gasteiger charge is 2.15. The molecule has 1 aliphatic rings. The topological polar surface area (TPSA) is 64.6 Å². The van der Waals surface area contributed by atoms with Crippen LogP contribution in [0, 0.1) is 0 Å². The molecule has 1 N–H and O–H groups in total. The van der Waals surface area contributed by atoms with Crippen LogP contribution in [0.1, 0.15) is 15.9 Å². The summed E-state index contributed by atoms with van der Waals surface area (Å²) < 4.78 is 5.31. The van der Waals surface area contributed by atoms with Gasteiger partial charge in [-0.1, -0.05) is 23.7 Å². The minimum Gasteiger partial charge on any atom is -0.545 e. The monoisotopic (exact) mass is 345 g/mol. The molecule has 5 nitrogen and oxygen atoms in total. The van der Waals surface area contributed by atoms with Gasteiger partial charge in [0.1, 0.15) is 0 Å². The summed E-state index contributed by atoms with van der Waals surface area (Å²) in [6.45, 7) is 3.11. The second-order valence-corrected chi connectivity index (χ2v) is 6.04. The third kappa shape index (κ3) is 3.99. The summed E-state index contributed by atoms with van der Waals surface area (Å²) in [5.74, 6) is -1.18. The first kappa shape index (κ1) is 16.6. The van der Waals surface area contributed by atoms with E-state index in [0.29, 0.717) is 43.6 Å². The number of nitrogens with one attached hydrogen (secondary N) is 1. The molecule has 1 saturated heterocycles. The molecule has 0 unspecified atom stereocenters. The molecule has 1 aliphatic heterocycles. The summed E-state index contributed by atoms with van der Waals surface area (Å²) >= 11 is 5.97. The normalized spacial score (nSPS) is 14.5. The summed E-state index contributed by atoms with van der Waals surface area (Å²) in [7, 11) is 0. The molecule has 0 radical (unpaired) electrons. The highest BCUT2D eigenvalue weighted by Crippen LogP contribution is 2.25. The summed E-state index contributed by atoms with van der Waals surface area (Å²) in [6.07, 6.45) is 0. The molecule has 24 heavy (non-hydrogen) atoms. The third-order valence-electron chi connectivity index (χ3n) is 3.95. The maximum atomic E-state index is 11.5. The number of aromatic carboxylic acids is 1. The Bertz CT molecular complexity index is 730. The Morgan fingerprint density at radius 1 is 1.21 bits per heavy atom. The van der Waals surface area contributed by atoms with Crippen molar-refractivity contribution in [2.24, 2.45) is 0 Å². The first-order chi connectivity index (χ1) is 11.6. The minimum atomic E-state index is -1.18. The molecule has 0 bridgehead atoms. The predicted molar refractivity (Wildman–Crippen MR) is 92.6 cm³/mol. The fourth-order valence-corrected chi connectivity index (χ4v) is 2.95. The van der Waals surface area contributed by atoms with Crippen LogP contribution in [0.3, 0.4) is 0 Å². The lowest BCUT2D eigenvalue weighted by Gasteiger charge is -2.31. The lowest BCUT2D eigenvalue weighted by atomic mass is 10.1. The average molecular weight is 346 g/mol. The second kappa shape index (κ2) is 7.55. The van der Waals surface area contributed by atoms with Crippen LogP contribution >= 0.6 is 11.6 Å². The Morgan fingerprint density at radius 2 is 2.00 bits per heavy atom. The van der Waals surface area contributed by atoms with Crippen molar-refractivity contribution in [3.05, 3.63) is 58.6 Å². The van der Waals surface area contributed by atoms with E-state index in [0.717, 1.165) is 11.3 Å². The Labute approximate surface area is 145 Å². The van der Waals surface area contributed by atoms with Gasteiger partial charge in [0.2, 0.25) is 0 Å². The Hall–Kier alpha value is -2.24. The zero-order valence-corrected chi connectivity index (χ0v) is 13.9. The molecular formula is C18H18ClN2O3-. The highest BCUT2D eigenvalue weighted by atomic mass is 35.5. The molecule has 3 rings (SSSR count). The number of rotatable bonds is 5. The number of ether oxygens (including phenoxy) is 1. The molecule has 0 aromatic heterocycles. The van der Waals surface area contributed by atoms with Gasteiger partial charge in [-0.15, -0.1) is 0 Å². The van der Waals surface area contributed by atoms with Gasteiger partial charge in [-0.3, -0.25) is 0 Å². The van der Waals surface area contributed by atoms with Crippen molar-refractivity contribution < 1.29 is 14.6 Å². The van der Waals surface area contributed by atoms with Crippen molar-refractivity contribution in [1.82, 2.24) is 0 Å². The zero-order chi connectivity index (χ0) is 16.9. The van der Waals surface area contributed by atoms with E-state index < -0.39 is 5.97 Å². The van der Waals surface area contributed by atoms with E-state index in [9.17, 15) is 9.90 Å². The van der Waals surface area contributed by atoms with E-state index >= 15 is 0 Å². The number of hydrogen-bond donors (Lipinski definition) is 1. The van der Waals surface area contributed by atoms with Crippen molar-refractivity contribution in [2.45, 2.75) is 6.54 Å². The Balaban J connectivity index is 1.77. The van der Waals surface area contributed by atoms with Crippen LogP contribution < -0.4 is 15.3 Å². The van der Waals surface area contributed by atoms with Crippen molar-refractivity contribution in [3.8, 4) is 0 Å². The zero-order valence-electron chi connectivity index (χ0n) is 13.1. The van der Waals surface area contributed by atoms with Gasteiger partial charge >= 0.3 is 0 Å². The maximum absolute atomic E-state index is 11.5. The van der Waals surface area contributed by atoms with Crippen molar-refractivity contribution in [1.29, 1.82) is 0 Å². The number of nitrogens with zero attached hydrogens (tertiary/aromatic N) is 1. The van der Waals surface area contributed by atoms with Gasteiger partial charge < -0.3 is 24.9 Å². The van der Waals surface area contributed by atoms with E-state index in [4.69, 9.17) is 16.3 Å². The number of carbonyl (C=O) groups excluding carboxylic acids is 1. The average Bonchev–Trinajstić information content (AvgIpc) is 2.60. The largest absolute Gasteiger partial charge is 0.545 e. The number of hydrogen-bond acceptors (Lipinski definition) is 5.